The highest BCUT2D eigenvalue weighted by Crippen LogP contribution is 2.40. The molecule has 0 aliphatic carbocycles. The molecule has 0 bridgehead atoms. The van der Waals surface area contributed by atoms with Crippen LogP contribution in [0, 0.1) is 13.8 Å². The van der Waals surface area contributed by atoms with E-state index in [2.05, 4.69) is 40.1 Å². The van der Waals surface area contributed by atoms with Crippen molar-refractivity contribution in [3.63, 3.8) is 0 Å². The largest absolute Gasteiger partial charge is 0.488 e. The maximum absolute atomic E-state index is 12.5. The normalized spacial score (nSPS) is 12.5. The number of carbonyl (C=O) groups is 5. The number of unbranched alkanes of at least 4 members (excludes halogenated alkanes) is 3. The van der Waals surface area contributed by atoms with E-state index in [0.29, 0.717) is 36.4 Å². The molecule has 0 aromatic heterocycles. The standard InChI is InChI=1S/C30H49N4O14P/c1-21-17-23(20-45-29(38)31-14-8-6-7-9-16-34-48-49(40,41)44-5)18-22(2)27(21)47-26(36)11-10-15-32-30(39)46-24(12-13-25(35)42-3)19-33-28(37)43-4/h17-18,24,34H,6-16,19-20H2,1-5H3,(H,31,38)(H,32,39)(H,33,37)(H,40,41). The van der Waals surface area contributed by atoms with Gasteiger partial charge in [-0.1, -0.05) is 12.8 Å². The van der Waals surface area contributed by atoms with Crippen molar-refractivity contribution >= 4 is 38.0 Å². The fraction of sp³-hybridized carbons (Fsp3) is 0.633. The van der Waals surface area contributed by atoms with E-state index >= 15 is 0 Å². The lowest BCUT2D eigenvalue weighted by atomic mass is 10.1. The quantitative estimate of drug-likeness (QED) is 0.0272. The minimum atomic E-state index is -4.04. The number of rotatable bonds is 23. The fourth-order valence-corrected chi connectivity index (χ4v) is 4.48. The third-order valence-electron chi connectivity index (χ3n) is 6.65. The van der Waals surface area contributed by atoms with Crippen LogP contribution in [0.15, 0.2) is 12.1 Å². The van der Waals surface area contributed by atoms with Gasteiger partial charge in [-0.25, -0.2) is 18.9 Å². The lowest BCUT2D eigenvalue weighted by molar-refractivity contribution is -0.141. The molecule has 0 spiro atoms. The first-order valence-electron chi connectivity index (χ1n) is 15.6. The molecule has 5 N–H and O–H groups in total. The molecule has 0 radical (unpaired) electrons. The predicted molar refractivity (Wildman–Crippen MR) is 173 cm³/mol. The number of nitrogens with one attached hydrogen (secondary N) is 4. The average Bonchev–Trinajstić information content (AvgIpc) is 3.07. The monoisotopic (exact) mass is 720 g/mol. The van der Waals surface area contributed by atoms with E-state index < -0.39 is 44.1 Å². The van der Waals surface area contributed by atoms with Gasteiger partial charge in [0.05, 0.1) is 20.8 Å². The van der Waals surface area contributed by atoms with Gasteiger partial charge in [-0.2, -0.15) is 10.1 Å². The highest BCUT2D eigenvalue weighted by molar-refractivity contribution is 7.47. The van der Waals surface area contributed by atoms with Gasteiger partial charge in [0.2, 0.25) is 0 Å². The second kappa shape index (κ2) is 24.2. The van der Waals surface area contributed by atoms with Crippen molar-refractivity contribution in [3.05, 3.63) is 28.8 Å². The number of benzene rings is 1. The molecule has 1 aromatic carbocycles. The van der Waals surface area contributed by atoms with E-state index in [1.807, 2.05) is 0 Å². The van der Waals surface area contributed by atoms with E-state index in [1.165, 1.54) is 14.2 Å². The molecule has 3 amide bonds. The first kappa shape index (κ1) is 43.1. The van der Waals surface area contributed by atoms with Crippen LogP contribution < -0.4 is 26.2 Å². The van der Waals surface area contributed by atoms with Crippen LogP contribution in [0.1, 0.15) is 68.1 Å². The van der Waals surface area contributed by atoms with Crippen LogP contribution in [0.4, 0.5) is 14.4 Å². The first-order valence-corrected chi connectivity index (χ1v) is 17.1. The highest BCUT2D eigenvalue weighted by atomic mass is 31.2. The number of alkyl carbamates (subject to hydrolysis) is 3. The molecule has 19 heteroatoms. The molecule has 0 aliphatic heterocycles. The third kappa shape index (κ3) is 20.2. The molecule has 278 valence electrons. The minimum Gasteiger partial charge on any atom is -0.469 e. The second-order valence-electron chi connectivity index (χ2n) is 10.6. The van der Waals surface area contributed by atoms with E-state index in [4.69, 9.17) is 19.1 Å². The number of esters is 2. The number of amides is 3. The van der Waals surface area contributed by atoms with Crippen molar-refractivity contribution in [2.75, 3.05) is 47.5 Å². The van der Waals surface area contributed by atoms with Gasteiger partial charge in [0.25, 0.3) is 0 Å². The lowest BCUT2D eigenvalue weighted by Gasteiger charge is -2.18. The van der Waals surface area contributed by atoms with Crippen molar-refractivity contribution in [3.8, 4) is 5.75 Å². The van der Waals surface area contributed by atoms with Crippen LogP contribution in [0.2, 0.25) is 0 Å². The van der Waals surface area contributed by atoms with Gasteiger partial charge >= 0.3 is 38.0 Å². The molecule has 1 aromatic rings. The maximum atomic E-state index is 12.5. The Morgan fingerprint density at radius 2 is 1.41 bits per heavy atom. The van der Waals surface area contributed by atoms with Crippen LogP contribution in [0.3, 0.4) is 0 Å². The molecule has 2 atom stereocenters. The zero-order valence-corrected chi connectivity index (χ0v) is 29.5. The molecule has 1 rings (SSSR count). The van der Waals surface area contributed by atoms with Gasteiger partial charge in [-0.3, -0.25) is 14.1 Å². The number of aryl methyl sites for hydroxylation is 2. The number of methoxy groups -OCH3 is 2. The molecule has 2 unspecified atom stereocenters. The van der Waals surface area contributed by atoms with Gasteiger partial charge in [-0.05, 0) is 68.4 Å². The Morgan fingerprint density at radius 3 is 2.04 bits per heavy atom. The van der Waals surface area contributed by atoms with Gasteiger partial charge in [0.15, 0.2) is 0 Å². The van der Waals surface area contributed by atoms with Crippen molar-refractivity contribution in [2.24, 2.45) is 0 Å². The van der Waals surface area contributed by atoms with Crippen molar-refractivity contribution in [1.82, 2.24) is 21.4 Å². The predicted octanol–water partition coefficient (Wildman–Crippen LogP) is 3.45. The summed E-state index contributed by atoms with van der Waals surface area (Å²) >= 11 is 0. The Labute approximate surface area is 285 Å². The summed E-state index contributed by atoms with van der Waals surface area (Å²) < 4.78 is 45.1. The molecule has 0 fully saturated rings. The number of hydroxylamine groups is 1. The summed E-state index contributed by atoms with van der Waals surface area (Å²) in [5.41, 5.74) is 4.45. The smallest absolute Gasteiger partial charge is 0.469 e. The van der Waals surface area contributed by atoms with Gasteiger partial charge < -0.3 is 44.5 Å². The molecular weight excluding hydrogens is 671 g/mol. The van der Waals surface area contributed by atoms with Crippen molar-refractivity contribution in [2.45, 2.75) is 77.9 Å². The SMILES string of the molecule is COC(=O)CCC(CNC(=O)OC)OC(=O)NCCCC(=O)Oc1c(C)cc(COC(=O)NCCCCCCNOP(=O)(O)OC)cc1C. The van der Waals surface area contributed by atoms with E-state index in [1.54, 1.807) is 26.0 Å². The van der Waals surface area contributed by atoms with Gasteiger partial charge in [0, 0.05) is 39.6 Å². The fourth-order valence-electron chi connectivity index (χ4n) is 4.15. The number of phosphoric ester groups is 1. The number of ether oxygens (including phenoxy) is 5. The van der Waals surface area contributed by atoms with Crippen LogP contribution in [-0.2, 0) is 48.9 Å². The minimum absolute atomic E-state index is 0.00639. The molecule has 0 heterocycles. The number of phosphoric acid groups is 1. The van der Waals surface area contributed by atoms with Crippen molar-refractivity contribution < 1.29 is 66.3 Å². The summed E-state index contributed by atoms with van der Waals surface area (Å²) in [7, 11) is -0.544. The summed E-state index contributed by atoms with van der Waals surface area (Å²) in [6, 6.07) is 3.51. The summed E-state index contributed by atoms with van der Waals surface area (Å²) in [4.78, 5) is 68.7. The zero-order chi connectivity index (χ0) is 36.7. The molecular formula is C30H49N4O14P. The van der Waals surface area contributed by atoms with Crippen molar-refractivity contribution in [1.29, 1.82) is 0 Å². The van der Waals surface area contributed by atoms with Gasteiger partial charge in [0.1, 0.15) is 18.5 Å². The molecule has 0 aliphatic rings. The van der Waals surface area contributed by atoms with E-state index in [-0.39, 0.29) is 45.4 Å². The molecule has 18 nitrogen and oxygen atoms in total. The maximum Gasteiger partial charge on any atom is 0.488 e. The number of hydrogen-bond donors (Lipinski definition) is 5. The lowest BCUT2D eigenvalue weighted by Crippen LogP contribution is -2.38. The topological polar surface area (TPSA) is 235 Å². The Morgan fingerprint density at radius 1 is 0.776 bits per heavy atom. The number of hydrogen-bond acceptors (Lipinski definition) is 14. The average molecular weight is 721 g/mol. The van der Waals surface area contributed by atoms with Crippen LogP contribution in [0.25, 0.3) is 0 Å². The summed E-state index contributed by atoms with van der Waals surface area (Å²) in [5.74, 6) is -0.610. The zero-order valence-electron chi connectivity index (χ0n) is 28.6. The molecule has 0 saturated heterocycles. The van der Waals surface area contributed by atoms with E-state index in [9.17, 15) is 28.5 Å². The Bertz CT molecular complexity index is 1220. The second-order valence-corrected chi connectivity index (χ2v) is 12.1. The third-order valence-corrected chi connectivity index (χ3v) is 7.47. The highest BCUT2D eigenvalue weighted by Gasteiger charge is 2.19. The molecule has 0 saturated carbocycles. The summed E-state index contributed by atoms with van der Waals surface area (Å²) in [5, 5.41) is 7.62. The Hall–Kier alpha value is -3.96. The van der Waals surface area contributed by atoms with Crippen LogP contribution in [-0.4, -0.2) is 88.7 Å². The summed E-state index contributed by atoms with van der Waals surface area (Å²) in [6.45, 7) is 4.39. The van der Waals surface area contributed by atoms with Crippen LogP contribution >= 0.6 is 7.82 Å². The Balaban J connectivity index is 2.35. The van der Waals surface area contributed by atoms with Gasteiger partial charge in [-0.15, -0.1) is 0 Å². The summed E-state index contributed by atoms with van der Waals surface area (Å²) in [6.07, 6.45) is 0.532. The number of carbonyl (C=O) groups excluding carboxylic acids is 5. The Kier molecular flexibility index (Phi) is 21.3. The van der Waals surface area contributed by atoms with E-state index in [0.717, 1.165) is 31.9 Å². The van der Waals surface area contributed by atoms with Crippen LogP contribution in [0.5, 0.6) is 5.75 Å². The first-order chi connectivity index (χ1) is 23.3. The molecule has 49 heavy (non-hydrogen) atoms.